The van der Waals surface area contributed by atoms with Crippen molar-refractivity contribution in [1.29, 1.82) is 0 Å². The number of hydrogen-bond donors (Lipinski definition) is 1. The molecular formula is C13H18N4O2S. The summed E-state index contributed by atoms with van der Waals surface area (Å²) in [4.78, 5) is 4.32. The maximum absolute atomic E-state index is 11.7. The van der Waals surface area contributed by atoms with Crippen molar-refractivity contribution < 1.29 is 8.42 Å². The summed E-state index contributed by atoms with van der Waals surface area (Å²) in [5, 5.41) is 7.29. The highest BCUT2D eigenvalue weighted by Gasteiger charge is 2.30. The molecule has 0 amide bonds. The van der Waals surface area contributed by atoms with Crippen LogP contribution in [0.5, 0.6) is 0 Å². The Morgan fingerprint density at radius 3 is 3.10 bits per heavy atom. The van der Waals surface area contributed by atoms with Gasteiger partial charge in [-0.15, -0.1) is 0 Å². The Hall–Kier alpha value is -1.47. The number of nitrogens with zero attached hydrogens (tertiary/aromatic N) is 3. The summed E-state index contributed by atoms with van der Waals surface area (Å²) in [7, 11) is -2.87. The Kier molecular flexibility index (Phi) is 3.47. The number of sulfone groups is 1. The van der Waals surface area contributed by atoms with Gasteiger partial charge in [-0.1, -0.05) is 0 Å². The van der Waals surface area contributed by atoms with Crippen molar-refractivity contribution in [2.75, 3.05) is 12.3 Å². The van der Waals surface area contributed by atoms with Crippen LogP contribution >= 0.6 is 0 Å². The van der Waals surface area contributed by atoms with Gasteiger partial charge in [-0.2, -0.15) is 5.10 Å². The maximum Gasteiger partial charge on any atom is 0.155 e. The molecular weight excluding hydrogens is 276 g/mol. The van der Waals surface area contributed by atoms with Gasteiger partial charge in [0, 0.05) is 37.1 Å². The summed E-state index contributed by atoms with van der Waals surface area (Å²) in [5.74, 6) is 0.333. The van der Waals surface area contributed by atoms with Crippen LogP contribution in [0.25, 0.3) is 5.65 Å². The lowest BCUT2D eigenvalue weighted by Gasteiger charge is -2.10. The Bertz CT molecular complexity index is 723. The number of aromatic nitrogens is 3. The molecule has 108 valence electrons. The van der Waals surface area contributed by atoms with E-state index in [9.17, 15) is 8.42 Å². The van der Waals surface area contributed by atoms with E-state index < -0.39 is 9.84 Å². The van der Waals surface area contributed by atoms with Crippen LogP contribution in [0, 0.1) is 6.92 Å². The summed E-state index contributed by atoms with van der Waals surface area (Å²) in [6.07, 6.45) is 5.28. The van der Waals surface area contributed by atoms with Crippen molar-refractivity contribution >= 4 is 15.5 Å². The van der Waals surface area contributed by atoms with Crippen molar-refractivity contribution in [1.82, 2.24) is 19.9 Å². The Balaban J connectivity index is 1.62. The van der Waals surface area contributed by atoms with E-state index in [0.29, 0.717) is 18.8 Å². The van der Waals surface area contributed by atoms with Crippen molar-refractivity contribution in [3.8, 4) is 0 Å². The highest BCUT2D eigenvalue weighted by molar-refractivity contribution is 7.92. The first kappa shape index (κ1) is 13.5. The van der Waals surface area contributed by atoms with Gasteiger partial charge in [-0.3, -0.25) is 0 Å². The van der Waals surface area contributed by atoms with Crippen LogP contribution in [0.3, 0.4) is 0 Å². The second-order valence-corrected chi connectivity index (χ2v) is 7.71. The first-order valence-electron chi connectivity index (χ1n) is 6.78. The summed E-state index contributed by atoms with van der Waals surface area (Å²) < 4.78 is 25.2. The van der Waals surface area contributed by atoms with Crippen molar-refractivity contribution in [2.45, 2.75) is 31.6 Å². The molecule has 1 fully saturated rings. The fourth-order valence-electron chi connectivity index (χ4n) is 2.59. The van der Waals surface area contributed by atoms with E-state index in [1.54, 1.807) is 10.7 Å². The normalized spacial score (nSPS) is 21.6. The molecule has 1 unspecified atom stereocenters. The first-order valence-corrected chi connectivity index (χ1v) is 8.49. The predicted octanol–water partition coefficient (Wildman–Crippen LogP) is 0.705. The molecule has 0 saturated carbocycles. The monoisotopic (exact) mass is 294 g/mol. The summed E-state index contributed by atoms with van der Waals surface area (Å²) in [5.41, 5.74) is 2.75. The lowest BCUT2D eigenvalue weighted by Crippen LogP contribution is -2.30. The molecule has 2 aromatic heterocycles. The lowest BCUT2D eigenvalue weighted by atomic mass is 10.2. The zero-order chi connectivity index (χ0) is 14.2. The Labute approximate surface area is 118 Å². The zero-order valence-electron chi connectivity index (χ0n) is 11.4. The fourth-order valence-corrected chi connectivity index (χ4v) is 4.39. The van der Waals surface area contributed by atoms with Crippen LogP contribution in [-0.4, -0.2) is 40.6 Å². The smallest absolute Gasteiger partial charge is 0.155 e. The third-order valence-corrected chi connectivity index (χ3v) is 5.93. The van der Waals surface area contributed by atoms with Crippen molar-refractivity contribution in [2.24, 2.45) is 0 Å². The largest absolute Gasteiger partial charge is 0.311 e. The van der Waals surface area contributed by atoms with Crippen LogP contribution in [0.15, 0.2) is 18.5 Å². The SMILES string of the molecule is Cc1cc2ncc(CNCC3CCCS3(=O)=O)cn2n1. The second kappa shape index (κ2) is 5.14. The Morgan fingerprint density at radius 1 is 1.50 bits per heavy atom. The fraction of sp³-hybridized carbons (Fsp3) is 0.538. The molecule has 1 N–H and O–H groups in total. The molecule has 3 heterocycles. The van der Waals surface area contributed by atoms with E-state index >= 15 is 0 Å². The van der Waals surface area contributed by atoms with E-state index in [1.165, 1.54) is 0 Å². The van der Waals surface area contributed by atoms with Gasteiger partial charge in [0.05, 0.1) is 16.7 Å². The van der Waals surface area contributed by atoms with E-state index in [0.717, 1.165) is 29.7 Å². The van der Waals surface area contributed by atoms with Gasteiger partial charge in [0.25, 0.3) is 0 Å². The molecule has 1 aliphatic heterocycles. The minimum atomic E-state index is -2.87. The van der Waals surface area contributed by atoms with Gasteiger partial charge < -0.3 is 5.32 Å². The summed E-state index contributed by atoms with van der Waals surface area (Å²) in [6, 6.07) is 1.92. The van der Waals surface area contributed by atoms with Gasteiger partial charge >= 0.3 is 0 Å². The molecule has 0 aliphatic carbocycles. The van der Waals surface area contributed by atoms with Crippen molar-refractivity contribution in [3.63, 3.8) is 0 Å². The van der Waals surface area contributed by atoms with Gasteiger partial charge in [0.2, 0.25) is 0 Å². The molecule has 0 radical (unpaired) electrons. The van der Waals surface area contributed by atoms with Crippen LogP contribution in [0.2, 0.25) is 0 Å². The molecule has 3 rings (SSSR count). The Morgan fingerprint density at radius 2 is 2.35 bits per heavy atom. The lowest BCUT2D eigenvalue weighted by molar-refractivity contribution is 0.573. The molecule has 1 aliphatic rings. The minimum absolute atomic E-state index is 0.230. The topological polar surface area (TPSA) is 76.4 Å². The second-order valence-electron chi connectivity index (χ2n) is 5.31. The standard InChI is InChI=1S/C13H18N4O2S/c1-10-5-13-15-7-11(9-17(13)16-10)6-14-8-12-3-2-4-20(12,18)19/h5,7,9,12,14H,2-4,6,8H2,1H3. The molecule has 0 aromatic carbocycles. The average Bonchev–Trinajstić information content (AvgIpc) is 2.91. The zero-order valence-corrected chi connectivity index (χ0v) is 12.2. The number of rotatable bonds is 4. The number of nitrogens with one attached hydrogen (secondary N) is 1. The van der Waals surface area contributed by atoms with Gasteiger partial charge in [-0.25, -0.2) is 17.9 Å². The third kappa shape index (κ3) is 2.69. The molecule has 20 heavy (non-hydrogen) atoms. The number of hydrogen-bond acceptors (Lipinski definition) is 5. The molecule has 6 nitrogen and oxygen atoms in total. The van der Waals surface area contributed by atoms with E-state index in [1.807, 2.05) is 19.2 Å². The van der Waals surface area contributed by atoms with E-state index in [4.69, 9.17) is 0 Å². The van der Waals surface area contributed by atoms with Crippen LogP contribution < -0.4 is 5.32 Å². The molecule has 2 aromatic rings. The average molecular weight is 294 g/mol. The van der Waals surface area contributed by atoms with Crippen LogP contribution in [0.1, 0.15) is 24.1 Å². The van der Waals surface area contributed by atoms with E-state index in [-0.39, 0.29) is 5.25 Å². The number of aryl methyl sites for hydroxylation is 1. The maximum atomic E-state index is 11.7. The highest BCUT2D eigenvalue weighted by Crippen LogP contribution is 2.19. The van der Waals surface area contributed by atoms with Crippen molar-refractivity contribution in [3.05, 3.63) is 29.7 Å². The number of fused-ring (bicyclic) bond motifs is 1. The third-order valence-electron chi connectivity index (χ3n) is 3.65. The van der Waals surface area contributed by atoms with Gasteiger partial charge in [0.1, 0.15) is 0 Å². The van der Waals surface area contributed by atoms with E-state index in [2.05, 4.69) is 15.4 Å². The molecule has 7 heteroatoms. The quantitative estimate of drug-likeness (QED) is 0.898. The van der Waals surface area contributed by atoms with Gasteiger partial charge in [-0.05, 0) is 19.8 Å². The first-order chi connectivity index (χ1) is 9.54. The summed E-state index contributed by atoms with van der Waals surface area (Å²) >= 11 is 0. The van der Waals surface area contributed by atoms with Crippen LogP contribution in [0.4, 0.5) is 0 Å². The minimum Gasteiger partial charge on any atom is -0.311 e. The predicted molar refractivity (Wildman–Crippen MR) is 76.2 cm³/mol. The van der Waals surface area contributed by atoms with Crippen LogP contribution in [-0.2, 0) is 16.4 Å². The molecule has 0 spiro atoms. The van der Waals surface area contributed by atoms with Gasteiger partial charge in [0.15, 0.2) is 15.5 Å². The molecule has 0 bridgehead atoms. The molecule has 1 saturated heterocycles. The molecule has 1 atom stereocenters. The summed E-state index contributed by atoms with van der Waals surface area (Å²) in [6.45, 7) is 3.05. The highest BCUT2D eigenvalue weighted by atomic mass is 32.2.